The predicted molar refractivity (Wildman–Crippen MR) is 84.2 cm³/mol. The van der Waals surface area contributed by atoms with Gasteiger partial charge in [0.2, 0.25) is 0 Å². The lowest BCUT2D eigenvalue weighted by atomic mass is 10.1. The van der Waals surface area contributed by atoms with Crippen LogP contribution in [0.1, 0.15) is 6.92 Å². The fourth-order valence-electron chi connectivity index (χ4n) is 2.10. The summed E-state index contributed by atoms with van der Waals surface area (Å²) in [5, 5.41) is 1.05. The van der Waals surface area contributed by atoms with Gasteiger partial charge in [-0.1, -0.05) is 18.2 Å². The second-order valence-corrected chi connectivity index (χ2v) is 5.65. The molecule has 0 fully saturated rings. The molecule has 0 bridgehead atoms. The Morgan fingerprint density at radius 1 is 1.15 bits per heavy atom. The van der Waals surface area contributed by atoms with Crippen LogP contribution in [0.15, 0.2) is 53.5 Å². The van der Waals surface area contributed by atoms with E-state index in [2.05, 4.69) is 4.99 Å². The highest BCUT2D eigenvalue weighted by Gasteiger charge is 2.08. The Kier molecular flexibility index (Phi) is 3.24. The second kappa shape index (κ2) is 5.06. The van der Waals surface area contributed by atoms with Gasteiger partial charge < -0.3 is 5.73 Å². The van der Waals surface area contributed by atoms with Crippen LogP contribution in [0.2, 0.25) is 0 Å². The number of benzene rings is 2. The maximum atomic E-state index is 13.8. The summed E-state index contributed by atoms with van der Waals surface area (Å²) >= 11 is 1.57. The van der Waals surface area contributed by atoms with Gasteiger partial charge in [-0.25, -0.2) is 9.38 Å². The third kappa shape index (κ3) is 2.42. The number of hydrogen-bond acceptors (Lipinski definition) is 2. The van der Waals surface area contributed by atoms with Crippen LogP contribution in [-0.4, -0.2) is 5.84 Å². The van der Waals surface area contributed by atoms with E-state index in [-0.39, 0.29) is 5.82 Å². The molecule has 0 aliphatic carbocycles. The quantitative estimate of drug-likeness (QED) is 0.537. The summed E-state index contributed by atoms with van der Waals surface area (Å²) in [6, 6.07) is 14.7. The van der Waals surface area contributed by atoms with Crippen molar-refractivity contribution in [1.29, 1.82) is 0 Å². The molecule has 0 radical (unpaired) electrons. The molecule has 2 nitrogen and oxygen atoms in total. The molecule has 20 heavy (non-hydrogen) atoms. The van der Waals surface area contributed by atoms with Crippen molar-refractivity contribution in [1.82, 2.24) is 0 Å². The Hall–Kier alpha value is -2.20. The maximum absolute atomic E-state index is 13.8. The van der Waals surface area contributed by atoms with Crippen molar-refractivity contribution < 1.29 is 4.39 Å². The minimum atomic E-state index is -0.199. The van der Waals surface area contributed by atoms with Gasteiger partial charge >= 0.3 is 0 Å². The fourth-order valence-corrected chi connectivity index (χ4v) is 3.17. The van der Waals surface area contributed by atoms with Crippen LogP contribution >= 0.6 is 11.3 Å². The Bertz CT molecular complexity index is 801. The number of rotatable bonds is 2. The van der Waals surface area contributed by atoms with Crippen molar-refractivity contribution in [2.24, 2.45) is 10.7 Å². The van der Waals surface area contributed by atoms with E-state index in [4.69, 9.17) is 5.73 Å². The van der Waals surface area contributed by atoms with Crippen molar-refractivity contribution in [3.8, 4) is 10.4 Å². The summed E-state index contributed by atoms with van der Waals surface area (Å²) in [5.41, 5.74) is 7.04. The van der Waals surface area contributed by atoms with E-state index in [1.54, 1.807) is 30.4 Å². The molecule has 3 rings (SSSR count). The lowest BCUT2D eigenvalue weighted by Gasteiger charge is -1.97. The monoisotopic (exact) mass is 284 g/mol. The first kappa shape index (κ1) is 12.8. The van der Waals surface area contributed by atoms with Gasteiger partial charge in [0.25, 0.3) is 0 Å². The first-order valence-corrected chi connectivity index (χ1v) is 7.04. The fraction of sp³-hybridized carbons (Fsp3) is 0.0625. The van der Waals surface area contributed by atoms with Crippen LogP contribution in [0.25, 0.3) is 20.5 Å². The Balaban J connectivity index is 2.12. The summed E-state index contributed by atoms with van der Waals surface area (Å²) in [6.07, 6.45) is 0. The van der Waals surface area contributed by atoms with Gasteiger partial charge in [0.15, 0.2) is 0 Å². The summed E-state index contributed by atoms with van der Waals surface area (Å²) in [4.78, 5) is 5.15. The summed E-state index contributed by atoms with van der Waals surface area (Å²) in [6.45, 7) is 1.75. The molecule has 0 aliphatic rings. The Labute approximate surface area is 120 Å². The third-order valence-electron chi connectivity index (χ3n) is 2.94. The van der Waals surface area contributed by atoms with Crippen molar-refractivity contribution in [3.63, 3.8) is 0 Å². The molecule has 0 amide bonds. The summed E-state index contributed by atoms with van der Waals surface area (Å²) < 4.78 is 14.9. The number of thiophene rings is 1. The molecular weight excluding hydrogens is 271 g/mol. The smallest absolute Gasteiger partial charge is 0.131 e. The zero-order valence-corrected chi connectivity index (χ0v) is 11.7. The van der Waals surface area contributed by atoms with Crippen molar-refractivity contribution >= 4 is 32.9 Å². The van der Waals surface area contributed by atoms with Crippen LogP contribution in [0.3, 0.4) is 0 Å². The minimum absolute atomic E-state index is 0.199. The molecule has 0 aliphatic heterocycles. The molecule has 3 aromatic rings. The molecule has 0 atom stereocenters. The van der Waals surface area contributed by atoms with E-state index in [1.807, 2.05) is 30.3 Å². The number of nitrogens with zero attached hydrogens (tertiary/aromatic N) is 1. The average molecular weight is 284 g/mol. The standard InChI is InChI=1S/C16H13FN2S/c1-10(18)19-12-6-7-15-11(8-12)9-16(20-15)13-4-2-3-5-14(13)17/h2-9H,1H3,(H2,18,19). The van der Waals surface area contributed by atoms with Crippen molar-refractivity contribution in [2.75, 3.05) is 0 Å². The lowest BCUT2D eigenvalue weighted by molar-refractivity contribution is 0.632. The summed E-state index contributed by atoms with van der Waals surface area (Å²) in [7, 11) is 0. The van der Waals surface area contributed by atoms with Gasteiger partial charge in [-0.05, 0) is 42.6 Å². The SMILES string of the molecule is CC(N)=Nc1ccc2sc(-c3ccccc3F)cc2c1. The molecule has 0 saturated carbocycles. The molecule has 0 saturated heterocycles. The molecule has 2 N–H and O–H groups in total. The van der Waals surface area contributed by atoms with Gasteiger partial charge in [-0.2, -0.15) is 0 Å². The van der Waals surface area contributed by atoms with Gasteiger partial charge in [-0.15, -0.1) is 11.3 Å². The second-order valence-electron chi connectivity index (χ2n) is 4.57. The first-order chi connectivity index (χ1) is 9.63. The molecule has 0 unspecified atom stereocenters. The first-order valence-electron chi connectivity index (χ1n) is 6.23. The van der Waals surface area contributed by atoms with Crippen LogP contribution < -0.4 is 5.73 Å². The van der Waals surface area contributed by atoms with E-state index < -0.39 is 0 Å². The highest BCUT2D eigenvalue weighted by atomic mass is 32.1. The molecule has 4 heteroatoms. The molecule has 1 heterocycles. The molecule has 1 aromatic heterocycles. The van der Waals surface area contributed by atoms with E-state index in [1.165, 1.54) is 6.07 Å². The molecule has 0 spiro atoms. The number of nitrogens with two attached hydrogens (primary N) is 1. The Morgan fingerprint density at radius 2 is 1.95 bits per heavy atom. The topological polar surface area (TPSA) is 38.4 Å². The number of amidine groups is 1. The molecule has 100 valence electrons. The molecular formula is C16H13FN2S. The maximum Gasteiger partial charge on any atom is 0.131 e. The third-order valence-corrected chi connectivity index (χ3v) is 4.09. The van der Waals surface area contributed by atoms with Crippen LogP contribution in [0.5, 0.6) is 0 Å². The highest BCUT2D eigenvalue weighted by molar-refractivity contribution is 7.22. The van der Waals surface area contributed by atoms with E-state index >= 15 is 0 Å². The van der Waals surface area contributed by atoms with Gasteiger partial charge in [0, 0.05) is 15.1 Å². The van der Waals surface area contributed by atoms with Crippen LogP contribution in [-0.2, 0) is 0 Å². The summed E-state index contributed by atoms with van der Waals surface area (Å²) in [5.74, 6) is 0.323. The normalized spacial score (nSPS) is 12.0. The number of aliphatic imine (C=N–C) groups is 1. The number of halogens is 1. The predicted octanol–water partition coefficient (Wildman–Crippen LogP) is 4.72. The number of fused-ring (bicyclic) bond motifs is 1. The van der Waals surface area contributed by atoms with Crippen molar-refractivity contribution in [2.45, 2.75) is 6.92 Å². The zero-order chi connectivity index (χ0) is 14.1. The van der Waals surface area contributed by atoms with E-state index in [0.717, 1.165) is 20.7 Å². The van der Waals surface area contributed by atoms with Gasteiger partial charge in [0.05, 0.1) is 11.5 Å². The van der Waals surface area contributed by atoms with Crippen LogP contribution in [0, 0.1) is 5.82 Å². The largest absolute Gasteiger partial charge is 0.387 e. The van der Waals surface area contributed by atoms with E-state index in [9.17, 15) is 4.39 Å². The lowest BCUT2D eigenvalue weighted by Crippen LogP contribution is -2.03. The highest BCUT2D eigenvalue weighted by Crippen LogP contribution is 2.36. The zero-order valence-electron chi connectivity index (χ0n) is 10.9. The van der Waals surface area contributed by atoms with Crippen LogP contribution in [0.4, 0.5) is 10.1 Å². The average Bonchev–Trinajstić information content (AvgIpc) is 2.81. The number of hydrogen-bond donors (Lipinski definition) is 1. The van der Waals surface area contributed by atoms with Gasteiger partial charge in [-0.3, -0.25) is 0 Å². The molecule has 2 aromatic carbocycles. The van der Waals surface area contributed by atoms with E-state index in [0.29, 0.717) is 11.4 Å². The van der Waals surface area contributed by atoms with Crippen molar-refractivity contribution in [3.05, 3.63) is 54.3 Å². The van der Waals surface area contributed by atoms with Gasteiger partial charge in [0.1, 0.15) is 5.82 Å². The minimum Gasteiger partial charge on any atom is -0.387 e. The Morgan fingerprint density at radius 3 is 2.70 bits per heavy atom.